The van der Waals surface area contributed by atoms with E-state index in [1.165, 1.54) is 0 Å². The van der Waals surface area contributed by atoms with Crippen LogP contribution in [-0.2, 0) is 10.0 Å². The molecule has 0 radical (unpaired) electrons. The average molecular weight is 424 g/mol. The van der Waals surface area contributed by atoms with Gasteiger partial charge in [0.1, 0.15) is 0 Å². The van der Waals surface area contributed by atoms with Gasteiger partial charge in [-0.25, -0.2) is 35.6 Å². The molecule has 0 unspecified atom stereocenters. The molecule has 5 N–H and O–H groups in total. The maximum atomic E-state index is 12.8. The van der Waals surface area contributed by atoms with Crippen molar-refractivity contribution in [3.63, 3.8) is 0 Å². The summed E-state index contributed by atoms with van der Waals surface area (Å²) >= 11 is 0. The smallest absolute Gasteiger partial charge is 0.337 e. The Labute approximate surface area is 155 Å². The lowest BCUT2D eigenvalue weighted by atomic mass is 10.2. The first-order valence-corrected chi connectivity index (χ1v) is 8.80. The second kappa shape index (κ2) is 8.56. The number of nitrogens with two attached hydrogens (primary N) is 1. The van der Waals surface area contributed by atoms with Gasteiger partial charge in [0.25, 0.3) is 0 Å². The lowest BCUT2D eigenvalue weighted by molar-refractivity contribution is 0.0686. The van der Waals surface area contributed by atoms with Gasteiger partial charge >= 0.3 is 11.9 Å². The van der Waals surface area contributed by atoms with Gasteiger partial charge < -0.3 is 15.9 Å². The van der Waals surface area contributed by atoms with Crippen molar-refractivity contribution in [1.29, 1.82) is 0 Å². The summed E-state index contributed by atoms with van der Waals surface area (Å²) in [7, 11) is -3.77. The largest absolute Gasteiger partial charge is 0.478 e. The summed E-state index contributed by atoms with van der Waals surface area (Å²) in [6.45, 7) is 0. The van der Waals surface area contributed by atoms with E-state index in [4.69, 9.17) is 15.9 Å². The highest BCUT2D eigenvalue weighted by Crippen LogP contribution is 2.21. The predicted molar refractivity (Wildman–Crippen MR) is 89.5 cm³/mol. The van der Waals surface area contributed by atoms with Gasteiger partial charge in [-0.05, 0) is 12.1 Å². The minimum atomic E-state index is -3.77. The Morgan fingerprint density at radius 2 is 1.25 bits per heavy atom. The summed E-state index contributed by atoms with van der Waals surface area (Å²) in [6, 6.07) is 2.07. The van der Waals surface area contributed by atoms with E-state index in [2.05, 4.69) is 0 Å². The molecule has 152 valence electrons. The van der Waals surface area contributed by atoms with E-state index < -0.39 is 62.0 Å². The van der Waals surface area contributed by atoms with Gasteiger partial charge in [0.15, 0.2) is 23.3 Å². The molecule has 8 nitrogen and oxygen atoms in total. The molecular formula is C15H12F4N2O6S. The fourth-order valence-electron chi connectivity index (χ4n) is 1.76. The maximum Gasteiger partial charge on any atom is 0.337 e. The first-order valence-electron chi connectivity index (χ1n) is 6.91. The van der Waals surface area contributed by atoms with Crippen LogP contribution in [0, 0.1) is 23.3 Å². The topological polar surface area (TPSA) is 147 Å². The standard InChI is InChI=1S/C8H7F2NO4S.C7H5F2NO2/c1-16(14,15)11-7-3-6(10)5(9)2-4(7)8(12)13;8-4-1-3(7(11)12)6(10)2-5(4)9/h2-3,11H,1H3,(H,12,13);1-2H,10H2,(H,11,12). The summed E-state index contributed by atoms with van der Waals surface area (Å²) < 4.78 is 73.8. The average Bonchev–Trinajstić information content (AvgIpc) is 2.52. The third kappa shape index (κ3) is 6.12. The van der Waals surface area contributed by atoms with Crippen LogP contribution < -0.4 is 10.5 Å². The van der Waals surface area contributed by atoms with Crippen LogP contribution in [0.25, 0.3) is 0 Å². The molecule has 0 aliphatic rings. The Bertz CT molecular complexity index is 1040. The molecule has 0 aliphatic heterocycles. The Balaban J connectivity index is 0.000000292. The summed E-state index contributed by atoms with van der Waals surface area (Å²) in [5, 5.41) is 17.1. The number of nitrogens with one attached hydrogen (secondary N) is 1. The van der Waals surface area contributed by atoms with Crippen LogP contribution in [-0.4, -0.2) is 36.8 Å². The first kappa shape index (κ1) is 22.7. The molecule has 0 saturated heterocycles. The summed E-state index contributed by atoms with van der Waals surface area (Å²) in [5.74, 6) is -8.02. The molecular weight excluding hydrogens is 412 g/mol. The van der Waals surface area contributed by atoms with Crippen LogP contribution in [0.5, 0.6) is 0 Å². The second-order valence-corrected chi connectivity index (χ2v) is 6.90. The fourth-order valence-corrected chi connectivity index (χ4v) is 2.32. The molecule has 0 saturated carbocycles. The third-order valence-electron chi connectivity index (χ3n) is 2.91. The number of aromatic carboxylic acids is 2. The van der Waals surface area contributed by atoms with E-state index >= 15 is 0 Å². The van der Waals surface area contributed by atoms with Gasteiger partial charge in [-0.3, -0.25) is 4.72 Å². The predicted octanol–water partition coefficient (Wildman–Crippen LogP) is 2.28. The second-order valence-electron chi connectivity index (χ2n) is 5.15. The van der Waals surface area contributed by atoms with Gasteiger partial charge in [-0.15, -0.1) is 0 Å². The van der Waals surface area contributed by atoms with Crippen molar-refractivity contribution in [2.24, 2.45) is 0 Å². The Hall–Kier alpha value is -3.35. The minimum Gasteiger partial charge on any atom is -0.478 e. The highest BCUT2D eigenvalue weighted by Gasteiger charge is 2.17. The molecule has 2 aromatic carbocycles. The van der Waals surface area contributed by atoms with Crippen molar-refractivity contribution >= 4 is 33.3 Å². The van der Waals surface area contributed by atoms with E-state index in [-0.39, 0.29) is 5.69 Å². The number of benzene rings is 2. The number of sulfonamides is 1. The molecule has 0 atom stereocenters. The van der Waals surface area contributed by atoms with Crippen LogP contribution in [0.4, 0.5) is 28.9 Å². The Morgan fingerprint density at radius 1 is 0.857 bits per heavy atom. The van der Waals surface area contributed by atoms with Gasteiger partial charge in [0, 0.05) is 17.8 Å². The number of rotatable bonds is 4. The number of anilines is 2. The van der Waals surface area contributed by atoms with Crippen LogP contribution in [0.2, 0.25) is 0 Å². The van der Waals surface area contributed by atoms with E-state index in [1.54, 1.807) is 4.72 Å². The first-order chi connectivity index (χ1) is 12.7. The van der Waals surface area contributed by atoms with E-state index in [9.17, 15) is 35.6 Å². The van der Waals surface area contributed by atoms with Gasteiger partial charge in [-0.2, -0.15) is 0 Å². The molecule has 13 heteroatoms. The zero-order valence-corrected chi connectivity index (χ0v) is 14.7. The SMILES string of the molecule is CS(=O)(=O)Nc1cc(F)c(F)cc1C(=O)O.Nc1cc(F)c(F)cc1C(=O)O. The number of halogens is 4. The van der Waals surface area contributed by atoms with E-state index in [0.717, 1.165) is 6.26 Å². The van der Waals surface area contributed by atoms with Crippen molar-refractivity contribution < 1.29 is 45.8 Å². The van der Waals surface area contributed by atoms with Crippen LogP contribution in [0.15, 0.2) is 24.3 Å². The number of carboxylic acids is 2. The molecule has 0 bridgehead atoms. The van der Waals surface area contributed by atoms with Crippen molar-refractivity contribution in [1.82, 2.24) is 0 Å². The number of carbonyl (C=O) groups is 2. The zero-order valence-electron chi connectivity index (χ0n) is 13.8. The van der Waals surface area contributed by atoms with Crippen molar-refractivity contribution in [2.75, 3.05) is 16.7 Å². The van der Waals surface area contributed by atoms with Crippen molar-refractivity contribution in [2.45, 2.75) is 0 Å². The molecule has 2 aromatic rings. The van der Waals surface area contributed by atoms with Crippen molar-refractivity contribution in [3.05, 3.63) is 58.7 Å². The van der Waals surface area contributed by atoms with Crippen molar-refractivity contribution in [3.8, 4) is 0 Å². The van der Waals surface area contributed by atoms with Crippen LogP contribution >= 0.6 is 0 Å². The van der Waals surface area contributed by atoms with Gasteiger partial charge in [0.05, 0.1) is 23.1 Å². The summed E-state index contributed by atoms with van der Waals surface area (Å²) in [5.41, 5.74) is 3.19. The zero-order chi connectivity index (χ0) is 21.8. The highest BCUT2D eigenvalue weighted by atomic mass is 32.2. The maximum absolute atomic E-state index is 12.8. The van der Waals surface area contributed by atoms with Crippen LogP contribution in [0.3, 0.4) is 0 Å². The lowest BCUT2D eigenvalue weighted by Gasteiger charge is -2.08. The van der Waals surface area contributed by atoms with Gasteiger partial charge in [-0.1, -0.05) is 0 Å². The highest BCUT2D eigenvalue weighted by molar-refractivity contribution is 7.92. The monoisotopic (exact) mass is 424 g/mol. The summed E-state index contributed by atoms with van der Waals surface area (Å²) in [6.07, 6.45) is 0.764. The third-order valence-corrected chi connectivity index (χ3v) is 3.50. The number of nitrogen functional groups attached to an aromatic ring is 1. The fraction of sp³-hybridized carbons (Fsp3) is 0.0667. The lowest BCUT2D eigenvalue weighted by Crippen LogP contribution is -2.14. The molecule has 28 heavy (non-hydrogen) atoms. The molecule has 0 fully saturated rings. The quantitative estimate of drug-likeness (QED) is 0.435. The Morgan fingerprint density at radius 3 is 1.68 bits per heavy atom. The molecule has 0 aromatic heterocycles. The number of hydrogen-bond acceptors (Lipinski definition) is 5. The molecule has 0 spiro atoms. The Kier molecular flexibility index (Phi) is 6.94. The van der Waals surface area contributed by atoms with Gasteiger partial charge in [0.2, 0.25) is 10.0 Å². The molecule has 2 rings (SSSR count). The van der Waals surface area contributed by atoms with E-state index in [0.29, 0.717) is 24.3 Å². The normalized spacial score (nSPS) is 10.6. The number of hydrogen-bond donors (Lipinski definition) is 4. The van der Waals surface area contributed by atoms with E-state index in [1.807, 2.05) is 0 Å². The molecule has 0 amide bonds. The van der Waals surface area contributed by atoms with Crippen LogP contribution in [0.1, 0.15) is 20.7 Å². The minimum absolute atomic E-state index is 0.290. The summed E-state index contributed by atoms with van der Waals surface area (Å²) in [4.78, 5) is 21.0. The molecule has 0 heterocycles. The number of carboxylic acid groups (broad SMARTS) is 2. The molecule has 0 aliphatic carbocycles.